The van der Waals surface area contributed by atoms with Crippen LogP contribution in [0.4, 0.5) is 10.1 Å². The largest absolute Gasteiger partial charge is 0.496 e. The van der Waals surface area contributed by atoms with Crippen molar-refractivity contribution < 1.29 is 23.4 Å². The van der Waals surface area contributed by atoms with Crippen molar-refractivity contribution >= 4 is 11.6 Å². The molecule has 0 atom stereocenters. The minimum absolute atomic E-state index is 0.230. The van der Waals surface area contributed by atoms with Gasteiger partial charge in [0.05, 0.1) is 32.6 Å². The van der Waals surface area contributed by atoms with Crippen LogP contribution in [0.3, 0.4) is 0 Å². The van der Waals surface area contributed by atoms with Crippen molar-refractivity contribution in [3.05, 3.63) is 59.2 Å². The number of carbonyl (C=O) groups excluding carboxylic acids is 1. The fourth-order valence-corrected chi connectivity index (χ4v) is 3.03. The van der Waals surface area contributed by atoms with Crippen LogP contribution in [0, 0.1) is 19.7 Å². The summed E-state index contributed by atoms with van der Waals surface area (Å²) in [5, 5.41) is 6.96. The van der Waals surface area contributed by atoms with Crippen LogP contribution in [0.15, 0.2) is 36.4 Å². The predicted molar refractivity (Wildman–Crippen MR) is 107 cm³/mol. The summed E-state index contributed by atoms with van der Waals surface area (Å²) in [5.74, 6) is 0.139. The van der Waals surface area contributed by atoms with Gasteiger partial charge in [0.15, 0.2) is 17.3 Å². The number of carbonyl (C=O) groups is 1. The van der Waals surface area contributed by atoms with Crippen molar-refractivity contribution in [3.63, 3.8) is 0 Å². The highest BCUT2D eigenvalue weighted by Gasteiger charge is 2.19. The SMILES string of the molecule is COc1cc(OC)c(C(=O)Nc2ccc(-n3nc(C)cc3C)c(F)c2)cc1OC. The van der Waals surface area contributed by atoms with Crippen LogP contribution < -0.4 is 19.5 Å². The monoisotopic (exact) mass is 399 g/mol. The van der Waals surface area contributed by atoms with E-state index in [1.54, 1.807) is 18.2 Å². The lowest BCUT2D eigenvalue weighted by Gasteiger charge is -2.14. The van der Waals surface area contributed by atoms with E-state index < -0.39 is 11.7 Å². The van der Waals surface area contributed by atoms with E-state index in [1.165, 1.54) is 38.1 Å². The molecule has 3 aromatic rings. The number of methoxy groups -OCH3 is 3. The van der Waals surface area contributed by atoms with Crippen molar-refractivity contribution in [2.45, 2.75) is 13.8 Å². The van der Waals surface area contributed by atoms with Gasteiger partial charge in [-0.2, -0.15) is 5.10 Å². The molecule has 0 aliphatic rings. The maximum Gasteiger partial charge on any atom is 0.259 e. The second-order valence-electron chi connectivity index (χ2n) is 6.37. The number of amides is 1. The number of nitrogens with one attached hydrogen (secondary N) is 1. The molecule has 1 N–H and O–H groups in total. The summed E-state index contributed by atoms with van der Waals surface area (Å²) in [6.07, 6.45) is 0. The second-order valence-corrected chi connectivity index (χ2v) is 6.37. The van der Waals surface area contributed by atoms with Crippen LogP contribution in [0.2, 0.25) is 0 Å². The molecule has 152 valence electrons. The Morgan fingerprint density at radius 1 is 0.966 bits per heavy atom. The van der Waals surface area contributed by atoms with E-state index in [2.05, 4.69) is 10.4 Å². The number of aromatic nitrogens is 2. The average molecular weight is 399 g/mol. The first kappa shape index (κ1) is 20.2. The third-order valence-corrected chi connectivity index (χ3v) is 4.39. The Labute approximate surface area is 168 Å². The molecule has 0 aliphatic carbocycles. The Bertz CT molecular complexity index is 1060. The van der Waals surface area contributed by atoms with Crippen LogP contribution >= 0.6 is 0 Å². The fraction of sp³-hybridized carbons (Fsp3) is 0.238. The molecule has 0 fully saturated rings. The van der Waals surface area contributed by atoms with Crippen LogP contribution in [0.25, 0.3) is 5.69 Å². The molecule has 7 nitrogen and oxygen atoms in total. The van der Waals surface area contributed by atoms with E-state index >= 15 is 0 Å². The van der Waals surface area contributed by atoms with Crippen LogP contribution in [0.1, 0.15) is 21.7 Å². The Morgan fingerprint density at radius 3 is 2.17 bits per heavy atom. The summed E-state index contributed by atoms with van der Waals surface area (Å²) in [7, 11) is 4.41. The van der Waals surface area contributed by atoms with Crippen LogP contribution in [-0.2, 0) is 0 Å². The van der Waals surface area contributed by atoms with Gasteiger partial charge in [0, 0.05) is 23.5 Å². The summed E-state index contributed by atoms with van der Waals surface area (Å²) in [6.45, 7) is 3.69. The van der Waals surface area contributed by atoms with Gasteiger partial charge in [-0.1, -0.05) is 0 Å². The molecule has 0 unspecified atom stereocenters. The molecule has 1 amide bonds. The number of hydrogen-bond acceptors (Lipinski definition) is 5. The van der Waals surface area contributed by atoms with Crippen molar-refractivity contribution in [1.29, 1.82) is 0 Å². The first-order valence-electron chi connectivity index (χ1n) is 8.82. The molecule has 0 bridgehead atoms. The molecular weight excluding hydrogens is 377 g/mol. The number of ether oxygens (including phenoxy) is 3. The number of nitrogens with zero attached hydrogens (tertiary/aromatic N) is 2. The highest BCUT2D eigenvalue weighted by atomic mass is 19.1. The number of halogens is 1. The van der Waals surface area contributed by atoms with Gasteiger partial charge in [-0.15, -0.1) is 0 Å². The lowest BCUT2D eigenvalue weighted by molar-refractivity contribution is 0.102. The standard InChI is InChI=1S/C21H22FN3O4/c1-12-8-13(2)25(24-12)17-7-6-14(9-16(17)22)23-21(26)15-10-19(28-4)20(29-5)11-18(15)27-3/h6-11H,1-5H3,(H,23,26). The number of aryl methyl sites for hydroxylation is 2. The van der Waals surface area contributed by atoms with Gasteiger partial charge in [-0.3, -0.25) is 4.79 Å². The van der Waals surface area contributed by atoms with E-state index in [0.29, 0.717) is 28.6 Å². The van der Waals surface area contributed by atoms with E-state index in [9.17, 15) is 9.18 Å². The summed E-state index contributed by atoms with van der Waals surface area (Å²) in [6, 6.07) is 9.35. The Hall–Kier alpha value is -3.55. The van der Waals surface area contributed by atoms with Gasteiger partial charge in [0.1, 0.15) is 11.4 Å². The summed E-state index contributed by atoms with van der Waals surface area (Å²) < 4.78 is 31.9. The maximum absolute atomic E-state index is 14.7. The van der Waals surface area contributed by atoms with Crippen LogP contribution in [-0.4, -0.2) is 37.0 Å². The molecule has 0 aliphatic heterocycles. The molecule has 2 aromatic carbocycles. The lowest BCUT2D eigenvalue weighted by Crippen LogP contribution is -2.14. The van der Waals surface area contributed by atoms with Crippen molar-refractivity contribution in [2.24, 2.45) is 0 Å². The van der Waals surface area contributed by atoms with Gasteiger partial charge < -0.3 is 19.5 Å². The molecule has 8 heteroatoms. The molecule has 1 heterocycles. The van der Waals surface area contributed by atoms with Crippen molar-refractivity contribution in [2.75, 3.05) is 26.6 Å². The van der Waals surface area contributed by atoms with Gasteiger partial charge in [-0.05, 0) is 38.1 Å². The first-order valence-corrected chi connectivity index (χ1v) is 8.82. The molecular formula is C21H22FN3O4. The van der Waals surface area contributed by atoms with Crippen molar-refractivity contribution in [1.82, 2.24) is 9.78 Å². The third-order valence-electron chi connectivity index (χ3n) is 4.39. The van der Waals surface area contributed by atoms with Crippen molar-refractivity contribution in [3.8, 4) is 22.9 Å². The zero-order chi connectivity index (χ0) is 21.1. The minimum atomic E-state index is -0.506. The quantitative estimate of drug-likeness (QED) is 0.680. The average Bonchev–Trinajstić information content (AvgIpc) is 3.04. The molecule has 0 saturated carbocycles. The number of anilines is 1. The molecule has 3 rings (SSSR count). The van der Waals surface area contributed by atoms with Gasteiger partial charge in [0.25, 0.3) is 5.91 Å². The van der Waals surface area contributed by atoms with E-state index in [0.717, 1.165) is 11.4 Å². The van der Waals surface area contributed by atoms with E-state index in [-0.39, 0.29) is 5.56 Å². The third kappa shape index (κ3) is 4.01. The topological polar surface area (TPSA) is 74.6 Å². The Balaban J connectivity index is 1.90. The molecule has 29 heavy (non-hydrogen) atoms. The summed E-state index contributed by atoms with van der Waals surface area (Å²) in [4.78, 5) is 12.8. The smallest absolute Gasteiger partial charge is 0.259 e. The normalized spacial score (nSPS) is 10.6. The highest BCUT2D eigenvalue weighted by molar-refractivity contribution is 6.06. The second kappa shape index (κ2) is 8.22. The lowest BCUT2D eigenvalue weighted by atomic mass is 10.1. The Morgan fingerprint density at radius 2 is 1.62 bits per heavy atom. The number of hydrogen-bond donors (Lipinski definition) is 1. The summed E-state index contributed by atoms with van der Waals surface area (Å²) >= 11 is 0. The van der Waals surface area contributed by atoms with Gasteiger partial charge in [-0.25, -0.2) is 9.07 Å². The van der Waals surface area contributed by atoms with Crippen LogP contribution in [0.5, 0.6) is 17.2 Å². The highest BCUT2D eigenvalue weighted by Crippen LogP contribution is 2.35. The maximum atomic E-state index is 14.7. The Kier molecular flexibility index (Phi) is 5.72. The molecule has 0 radical (unpaired) electrons. The minimum Gasteiger partial charge on any atom is -0.496 e. The molecule has 1 aromatic heterocycles. The summed E-state index contributed by atoms with van der Waals surface area (Å²) in [5.41, 5.74) is 2.44. The zero-order valence-corrected chi connectivity index (χ0v) is 16.9. The predicted octanol–water partition coefficient (Wildman–Crippen LogP) is 3.91. The number of benzene rings is 2. The zero-order valence-electron chi connectivity index (χ0n) is 16.9. The van der Waals surface area contributed by atoms with E-state index in [1.807, 2.05) is 19.9 Å². The molecule has 0 saturated heterocycles. The fourth-order valence-electron chi connectivity index (χ4n) is 3.03. The number of rotatable bonds is 6. The van der Waals surface area contributed by atoms with Gasteiger partial charge >= 0.3 is 0 Å². The molecule has 0 spiro atoms. The van der Waals surface area contributed by atoms with Gasteiger partial charge in [0.2, 0.25) is 0 Å². The van der Waals surface area contributed by atoms with E-state index in [4.69, 9.17) is 14.2 Å². The first-order chi connectivity index (χ1) is 13.9.